The monoisotopic (exact) mass is 527 g/mol. The fraction of sp³-hybridized carbons (Fsp3) is 0.192. The second kappa shape index (κ2) is 11.3. The van der Waals surface area contributed by atoms with E-state index >= 15 is 0 Å². The van der Waals surface area contributed by atoms with E-state index in [9.17, 15) is 19.5 Å². The number of aliphatic carboxylic acids is 1. The summed E-state index contributed by atoms with van der Waals surface area (Å²) in [6.07, 6.45) is -0.640. The molecule has 1 fully saturated rings. The van der Waals surface area contributed by atoms with Gasteiger partial charge in [0.2, 0.25) is 0 Å². The lowest BCUT2D eigenvalue weighted by Gasteiger charge is -2.41. The quantitative estimate of drug-likeness (QED) is 0.462. The largest absolute Gasteiger partial charge is 0.480 e. The maximum atomic E-state index is 13.8. The Morgan fingerprint density at radius 2 is 1.50 bits per heavy atom. The van der Waals surface area contributed by atoms with Gasteiger partial charge in [-0.1, -0.05) is 71.7 Å². The first-order valence-electron chi connectivity index (χ1n) is 11.1. The standard InChI is InChI=1S/C26H23Cl2N3O5/c27-19-13-20(28)15-22(14-19)31(21-9-5-2-6-10-21)25(34)30-12-11-29(16-23(30)24(32)33)26(35)36-17-18-7-3-1-4-8-18/h1-10,13-15,23H,11-12,16-17H2,(H,32,33). The molecule has 1 aliphatic heterocycles. The smallest absolute Gasteiger partial charge is 0.410 e. The van der Waals surface area contributed by atoms with E-state index in [4.69, 9.17) is 27.9 Å². The molecule has 0 spiro atoms. The number of nitrogens with zero attached hydrogens (tertiary/aromatic N) is 3. The summed E-state index contributed by atoms with van der Waals surface area (Å²) in [5.74, 6) is -1.24. The van der Waals surface area contributed by atoms with Crippen LogP contribution in [0.2, 0.25) is 10.0 Å². The van der Waals surface area contributed by atoms with Gasteiger partial charge in [0.25, 0.3) is 0 Å². The van der Waals surface area contributed by atoms with Gasteiger partial charge in [0, 0.05) is 23.1 Å². The summed E-state index contributed by atoms with van der Waals surface area (Å²) in [4.78, 5) is 42.5. The highest BCUT2D eigenvalue weighted by Gasteiger charge is 2.40. The molecule has 1 atom stereocenters. The third-order valence-electron chi connectivity index (χ3n) is 5.69. The van der Waals surface area contributed by atoms with Crippen LogP contribution in [-0.2, 0) is 16.1 Å². The second-order valence-corrected chi connectivity index (χ2v) is 8.99. The first-order valence-corrected chi connectivity index (χ1v) is 11.9. The van der Waals surface area contributed by atoms with E-state index < -0.39 is 24.1 Å². The van der Waals surface area contributed by atoms with Crippen molar-refractivity contribution in [1.29, 1.82) is 0 Å². The number of carbonyl (C=O) groups is 3. The zero-order chi connectivity index (χ0) is 25.7. The lowest BCUT2D eigenvalue weighted by Crippen LogP contribution is -2.61. The maximum absolute atomic E-state index is 13.8. The third kappa shape index (κ3) is 5.90. The van der Waals surface area contributed by atoms with Crippen molar-refractivity contribution in [2.24, 2.45) is 0 Å². The topological polar surface area (TPSA) is 90.4 Å². The molecule has 1 unspecified atom stereocenters. The van der Waals surface area contributed by atoms with E-state index in [1.165, 1.54) is 14.7 Å². The van der Waals surface area contributed by atoms with Crippen LogP contribution in [-0.4, -0.2) is 58.7 Å². The number of piperazine rings is 1. The SMILES string of the molecule is O=C(O)C1CN(C(=O)OCc2ccccc2)CCN1C(=O)N(c1ccccc1)c1cc(Cl)cc(Cl)c1. The molecule has 36 heavy (non-hydrogen) atoms. The van der Waals surface area contributed by atoms with E-state index in [2.05, 4.69) is 0 Å². The van der Waals surface area contributed by atoms with Crippen LogP contribution in [0, 0.1) is 0 Å². The van der Waals surface area contributed by atoms with E-state index in [-0.39, 0.29) is 26.2 Å². The van der Waals surface area contributed by atoms with Crippen molar-refractivity contribution in [3.8, 4) is 0 Å². The summed E-state index contributed by atoms with van der Waals surface area (Å²) < 4.78 is 5.35. The maximum Gasteiger partial charge on any atom is 0.410 e. The van der Waals surface area contributed by atoms with Gasteiger partial charge in [0.05, 0.1) is 17.9 Å². The normalized spacial score (nSPS) is 15.3. The first kappa shape index (κ1) is 25.3. The van der Waals surface area contributed by atoms with Crippen molar-refractivity contribution in [2.45, 2.75) is 12.6 Å². The number of halogens is 2. The van der Waals surface area contributed by atoms with Gasteiger partial charge < -0.3 is 19.6 Å². The molecule has 3 amide bonds. The number of hydrogen-bond donors (Lipinski definition) is 1. The Morgan fingerprint density at radius 1 is 0.889 bits per heavy atom. The van der Waals surface area contributed by atoms with Gasteiger partial charge in [-0.2, -0.15) is 0 Å². The van der Waals surface area contributed by atoms with Crippen molar-refractivity contribution in [3.63, 3.8) is 0 Å². The summed E-state index contributed by atoms with van der Waals surface area (Å²) in [5.41, 5.74) is 1.71. The van der Waals surface area contributed by atoms with E-state index in [1.807, 2.05) is 30.3 Å². The van der Waals surface area contributed by atoms with Crippen LogP contribution in [0.5, 0.6) is 0 Å². The fourth-order valence-electron chi connectivity index (χ4n) is 3.94. The minimum atomic E-state index is -1.28. The summed E-state index contributed by atoms with van der Waals surface area (Å²) in [5, 5.41) is 10.6. The van der Waals surface area contributed by atoms with Gasteiger partial charge in [0.1, 0.15) is 12.6 Å². The number of ether oxygens (including phenoxy) is 1. The number of carboxylic acids is 1. The molecule has 1 saturated heterocycles. The molecule has 186 valence electrons. The molecule has 4 rings (SSSR count). The van der Waals surface area contributed by atoms with Gasteiger partial charge in [-0.25, -0.2) is 14.4 Å². The molecule has 0 aromatic heterocycles. The Kier molecular flexibility index (Phi) is 7.97. The Hall–Kier alpha value is -3.75. The molecule has 8 nitrogen and oxygen atoms in total. The van der Waals surface area contributed by atoms with Gasteiger partial charge in [0.15, 0.2) is 0 Å². The zero-order valence-corrected chi connectivity index (χ0v) is 20.6. The number of rotatable bonds is 5. The lowest BCUT2D eigenvalue weighted by molar-refractivity contribution is -0.143. The van der Waals surface area contributed by atoms with Crippen LogP contribution in [0.1, 0.15) is 5.56 Å². The summed E-state index contributed by atoms with van der Waals surface area (Å²) in [6.45, 7) is -0.0442. The summed E-state index contributed by atoms with van der Waals surface area (Å²) >= 11 is 12.4. The summed E-state index contributed by atoms with van der Waals surface area (Å²) in [7, 11) is 0. The molecule has 0 saturated carbocycles. The minimum absolute atomic E-state index is 0.00608. The van der Waals surface area contributed by atoms with Crippen molar-refractivity contribution in [3.05, 3.63) is 94.5 Å². The van der Waals surface area contributed by atoms with Gasteiger partial charge in [-0.05, 0) is 35.9 Å². The Morgan fingerprint density at radius 3 is 2.11 bits per heavy atom. The third-order valence-corrected chi connectivity index (χ3v) is 6.12. The van der Waals surface area contributed by atoms with Crippen LogP contribution in [0.25, 0.3) is 0 Å². The van der Waals surface area contributed by atoms with E-state index in [0.29, 0.717) is 21.4 Å². The number of amides is 3. The average molecular weight is 528 g/mol. The summed E-state index contributed by atoms with van der Waals surface area (Å²) in [6, 6.07) is 20.8. The highest BCUT2D eigenvalue weighted by atomic mass is 35.5. The van der Waals surface area contributed by atoms with Crippen LogP contribution in [0.4, 0.5) is 21.0 Å². The predicted octanol–water partition coefficient (Wildman–Crippen LogP) is 5.66. The van der Waals surface area contributed by atoms with Crippen LogP contribution >= 0.6 is 23.2 Å². The van der Waals surface area contributed by atoms with Gasteiger partial charge in [-0.15, -0.1) is 0 Å². The lowest BCUT2D eigenvalue weighted by atomic mass is 10.1. The van der Waals surface area contributed by atoms with E-state index in [0.717, 1.165) is 5.56 Å². The number of carbonyl (C=O) groups excluding carboxylic acids is 2. The van der Waals surface area contributed by atoms with Gasteiger partial charge >= 0.3 is 18.1 Å². The number of hydrogen-bond acceptors (Lipinski definition) is 4. The van der Waals surface area contributed by atoms with Crippen molar-refractivity contribution >= 4 is 52.7 Å². The van der Waals surface area contributed by atoms with E-state index in [1.54, 1.807) is 48.5 Å². The van der Waals surface area contributed by atoms with Crippen LogP contribution in [0.3, 0.4) is 0 Å². The Balaban J connectivity index is 1.55. The van der Waals surface area contributed by atoms with Crippen LogP contribution in [0.15, 0.2) is 78.9 Å². The molecule has 1 aliphatic rings. The number of carboxylic acid groups (broad SMARTS) is 1. The van der Waals surface area contributed by atoms with Gasteiger partial charge in [-0.3, -0.25) is 4.90 Å². The number of anilines is 2. The molecule has 0 bridgehead atoms. The second-order valence-electron chi connectivity index (χ2n) is 8.11. The first-order chi connectivity index (χ1) is 17.3. The Labute approximate surface area is 218 Å². The molecular formula is C26H23Cl2N3O5. The molecule has 10 heteroatoms. The molecular weight excluding hydrogens is 505 g/mol. The number of benzene rings is 3. The zero-order valence-electron chi connectivity index (χ0n) is 19.1. The molecule has 3 aromatic carbocycles. The molecule has 0 aliphatic carbocycles. The van der Waals surface area contributed by atoms with Crippen molar-refractivity contribution in [2.75, 3.05) is 24.5 Å². The molecule has 3 aromatic rings. The molecule has 0 radical (unpaired) electrons. The number of urea groups is 1. The highest BCUT2D eigenvalue weighted by molar-refractivity contribution is 6.35. The average Bonchev–Trinajstić information content (AvgIpc) is 2.87. The fourth-order valence-corrected chi connectivity index (χ4v) is 4.46. The van der Waals surface area contributed by atoms with Crippen LogP contribution < -0.4 is 4.90 Å². The van der Waals surface area contributed by atoms with Crippen molar-refractivity contribution in [1.82, 2.24) is 9.80 Å². The molecule has 1 N–H and O–H groups in total. The van der Waals surface area contributed by atoms with Crippen molar-refractivity contribution < 1.29 is 24.2 Å². The number of para-hydroxylation sites is 1. The predicted molar refractivity (Wildman–Crippen MR) is 137 cm³/mol. The molecule has 1 heterocycles. The minimum Gasteiger partial charge on any atom is -0.480 e. The Bertz CT molecular complexity index is 1220. The highest BCUT2D eigenvalue weighted by Crippen LogP contribution is 2.32.